The van der Waals surface area contributed by atoms with Crippen molar-refractivity contribution in [3.63, 3.8) is 0 Å². The Morgan fingerprint density at radius 2 is 2.04 bits per heavy atom. The van der Waals surface area contributed by atoms with Crippen LogP contribution < -0.4 is 5.32 Å². The molecule has 3 atom stereocenters. The minimum absolute atomic E-state index is 0.259. The third-order valence-electron chi connectivity index (χ3n) is 5.12. The fourth-order valence-electron chi connectivity index (χ4n) is 3.75. The van der Waals surface area contributed by atoms with E-state index in [4.69, 9.17) is 9.47 Å². The van der Waals surface area contributed by atoms with E-state index in [1.165, 1.54) is 11.3 Å². The van der Waals surface area contributed by atoms with Gasteiger partial charge in [0.15, 0.2) is 16.1 Å². The Kier molecular flexibility index (Phi) is 3.80. The number of cyclic esters (lactones) is 2. The number of anilines is 2. The molecule has 2 aliphatic rings. The Labute approximate surface area is 155 Å². The molecule has 3 unspecified atom stereocenters. The molecule has 1 spiro atoms. The Morgan fingerprint density at radius 3 is 2.73 bits per heavy atom. The van der Waals surface area contributed by atoms with Crippen LogP contribution in [0.5, 0.6) is 0 Å². The Morgan fingerprint density at radius 1 is 1.27 bits per heavy atom. The number of rotatable bonds is 3. The second-order valence-corrected chi connectivity index (χ2v) is 8.14. The Bertz CT molecular complexity index is 895. The van der Waals surface area contributed by atoms with Gasteiger partial charge in [0, 0.05) is 23.9 Å². The third-order valence-corrected chi connectivity index (χ3v) is 5.87. The number of thiazole rings is 1. The van der Waals surface area contributed by atoms with Gasteiger partial charge < -0.3 is 14.8 Å². The predicted octanol–water partition coefficient (Wildman–Crippen LogP) is 3.68. The van der Waals surface area contributed by atoms with Gasteiger partial charge in [-0.25, -0.2) is 4.98 Å². The molecule has 7 heteroatoms. The predicted molar refractivity (Wildman–Crippen MR) is 97.2 cm³/mol. The van der Waals surface area contributed by atoms with Crippen LogP contribution in [0.4, 0.5) is 10.8 Å². The quantitative estimate of drug-likeness (QED) is 0.654. The van der Waals surface area contributed by atoms with Gasteiger partial charge in [-0.2, -0.15) is 0 Å². The van der Waals surface area contributed by atoms with Crippen molar-refractivity contribution in [2.75, 3.05) is 5.32 Å². The minimum Gasteiger partial charge on any atom is -0.462 e. The molecule has 4 rings (SSSR count). The summed E-state index contributed by atoms with van der Waals surface area (Å²) in [5.41, 5.74) is 0.621. The lowest BCUT2D eigenvalue weighted by Gasteiger charge is -2.20. The van der Waals surface area contributed by atoms with Crippen LogP contribution in [-0.4, -0.2) is 23.0 Å². The zero-order chi connectivity index (χ0) is 18.5. The summed E-state index contributed by atoms with van der Waals surface area (Å²) in [4.78, 5) is 29.4. The molecular weight excluding hydrogens is 352 g/mol. The molecule has 0 saturated carbocycles. The highest BCUT2D eigenvalue weighted by Crippen LogP contribution is 2.52. The van der Waals surface area contributed by atoms with E-state index in [9.17, 15) is 9.59 Å². The number of para-hydroxylation sites is 1. The number of carbonyl (C=O) groups is 2. The van der Waals surface area contributed by atoms with E-state index in [1.54, 1.807) is 6.92 Å². The number of esters is 2. The summed E-state index contributed by atoms with van der Waals surface area (Å²) >= 11 is 1.44. The van der Waals surface area contributed by atoms with Crippen LogP contribution >= 0.6 is 11.3 Å². The summed E-state index contributed by atoms with van der Waals surface area (Å²) in [6.45, 7) is 5.62. The van der Waals surface area contributed by atoms with Crippen LogP contribution in [0.1, 0.15) is 37.9 Å². The zero-order valence-electron chi connectivity index (χ0n) is 14.9. The van der Waals surface area contributed by atoms with Crippen LogP contribution in [0, 0.1) is 12.3 Å². The fourth-order valence-corrected chi connectivity index (χ4v) is 4.60. The molecule has 2 saturated heterocycles. The number of aromatic nitrogens is 1. The van der Waals surface area contributed by atoms with E-state index in [1.807, 2.05) is 43.5 Å². The van der Waals surface area contributed by atoms with Crippen molar-refractivity contribution >= 4 is 34.1 Å². The van der Waals surface area contributed by atoms with E-state index >= 15 is 0 Å². The minimum atomic E-state index is -1.19. The van der Waals surface area contributed by atoms with Crippen LogP contribution in [-0.2, 0) is 24.7 Å². The summed E-state index contributed by atoms with van der Waals surface area (Å²) < 4.78 is 10.9. The van der Waals surface area contributed by atoms with Crippen molar-refractivity contribution in [1.82, 2.24) is 4.98 Å². The molecule has 2 fully saturated rings. The molecule has 136 valence electrons. The highest BCUT2D eigenvalue weighted by atomic mass is 32.1. The first-order chi connectivity index (χ1) is 12.3. The fraction of sp³-hybridized carbons (Fsp3) is 0.421. The maximum absolute atomic E-state index is 12.5. The highest BCUT2D eigenvalue weighted by molar-refractivity contribution is 7.13. The summed E-state index contributed by atoms with van der Waals surface area (Å²) in [5.74, 6) is -0.983. The number of hydrogen-bond acceptors (Lipinski definition) is 7. The smallest absolute Gasteiger partial charge is 0.324 e. The number of nitrogens with zero attached hydrogens (tertiary/aromatic N) is 1. The first kappa shape index (κ1) is 17.0. The lowest BCUT2D eigenvalue weighted by atomic mass is 9.78. The molecule has 1 N–H and O–H groups in total. The van der Waals surface area contributed by atoms with Crippen molar-refractivity contribution < 1.29 is 19.1 Å². The molecular formula is C19H20N2O4S. The molecule has 2 aliphatic heterocycles. The molecule has 6 nitrogen and oxygen atoms in total. The Balaban J connectivity index is 1.59. The lowest BCUT2D eigenvalue weighted by molar-refractivity contribution is -0.160. The van der Waals surface area contributed by atoms with E-state index in [2.05, 4.69) is 10.3 Å². The van der Waals surface area contributed by atoms with Gasteiger partial charge in [0.25, 0.3) is 0 Å². The van der Waals surface area contributed by atoms with Crippen LogP contribution in [0.3, 0.4) is 0 Å². The molecule has 0 aliphatic carbocycles. The third kappa shape index (κ3) is 2.58. The normalized spacial score (nSPS) is 30.5. The van der Waals surface area contributed by atoms with E-state index in [0.717, 1.165) is 16.4 Å². The molecule has 2 aromatic rings. The number of benzene rings is 1. The summed E-state index contributed by atoms with van der Waals surface area (Å²) in [6.07, 6.45) is 0.347. The molecule has 1 aromatic carbocycles. The number of ether oxygens (including phenoxy) is 2. The second-order valence-electron chi connectivity index (χ2n) is 7.28. The maximum atomic E-state index is 12.5. The van der Waals surface area contributed by atoms with Crippen molar-refractivity contribution in [1.29, 1.82) is 0 Å². The zero-order valence-corrected chi connectivity index (χ0v) is 15.7. The number of nitrogens with one attached hydrogen (secondary N) is 1. The van der Waals surface area contributed by atoms with Gasteiger partial charge in [-0.05, 0) is 32.4 Å². The molecule has 26 heavy (non-hydrogen) atoms. The first-order valence-electron chi connectivity index (χ1n) is 8.56. The molecule has 0 bridgehead atoms. The molecule has 1 aromatic heterocycles. The maximum Gasteiger partial charge on any atom is 0.324 e. The number of aryl methyl sites for hydroxylation is 1. The lowest BCUT2D eigenvalue weighted by Crippen LogP contribution is -2.31. The van der Waals surface area contributed by atoms with Gasteiger partial charge >= 0.3 is 11.9 Å². The monoisotopic (exact) mass is 372 g/mol. The van der Waals surface area contributed by atoms with Gasteiger partial charge in [0.05, 0.1) is 5.69 Å². The Hall–Kier alpha value is -2.41. The summed E-state index contributed by atoms with van der Waals surface area (Å²) in [5, 5.41) is 5.89. The van der Waals surface area contributed by atoms with Gasteiger partial charge in [0.2, 0.25) is 0 Å². The number of hydrogen-bond donors (Lipinski definition) is 1. The van der Waals surface area contributed by atoms with Crippen molar-refractivity contribution in [3.05, 3.63) is 40.9 Å². The largest absolute Gasteiger partial charge is 0.462 e. The average Bonchev–Trinajstić information content (AvgIpc) is 3.22. The molecule has 0 amide bonds. The van der Waals surface area contributed by atoms with Gasteiger partial charge in [-0.3, -0.25) is 9.59 Å². The molecule has 3 heterocycles. The van der Waals surface area contributed by atoms with Gasteiger partial charge in [0.1, 0.15) is 6.10 Å². The van der Waals surface area contributed by atoms with Crippen LogP contribution in [0.2, 0.25) is 0 Å². The molecule has 0 radical (unpaired) electrons. The highest BCUT2D eigenvalue weighted by Gasteiger charge is 2.65. The topological polar surface area (TPSA) is 77.5 Å². The van der Waals surface area contributed by atoms with Crippen molar-refractivity contribution in [2.24, 2.45) is 5.41 Å². The van der Waals surface area contributed by atoms with Crippen LogP contribution in [0.25, 0.3) is 0 Å². The second kappa shape index (κ2) is 5.81. The number of carbonyl (C=O) groups excluding carboxylic acids is 2. The van der Waals surface area contributed by atoms with Crippen molar-refractivity contribution in [2.45, 2.75) is 45.3 Å². The van der Waals surface area contributed by atoms with Gasteiger partial charge in [-0.15, -0.1) is 11.3 Å². The SMILES string of the molecule is Cc1ccccc1Nc1nc(C2(C)CC3(CC(C)OC3=O)C(=O)O2)cs1. The standard InChI is InChI=1S/C19H20N2O4S/c1-11-6-4-5-7-13(11)20-17-21-14(9-26-17)18(3)10-19(16(23)25-18)8-12(2)24-15(19)22/h4-7,9,12H,8,10H2,1-3H3,(H,20,21). The summed E-state index contributed by atoms with van der Waals surface area (Å²) in [7, 11) is 0. The van der Waals surface area contributed by atoms with Crippen LogP contribution in [0.15, 0.2) is 29.6 Å². The average molecular weight is 372 g/mol. The summed E-state index contributed by atoms with van der Waals surface area (Å²) in [6, 6.07) is 7.95. The van der Waals surface area contributed by atoms with Crippen molar-refractivity contribution in [3.8, 4) is 0 Å². The van der Waals surface area contributed by atoms with E-state index in [0.29, 0.717) is 12.1 Å². The first-order valence-corrected chi connectivity index (χ1v) is 9.44. The van der Waals surface area contributed by atoms with E-state index in [-0.39, 0.29) is 12.5 Å². The van der Waals surface area contributed by atoms with Gasteiger partial charge in [-0.1, -0.05) is 18.2 Å². The van der Waals surface area contributed by atoms with E-state index < -0.39 is 23.0 Å².